The third kappa shape index (κ3) is 8.61. The number of carbonyl (C=O) groups is 2. The highest BCUT2D eigenvalue weighted by molar-refractivity contribution is 5.73. The van der Waals surface area contributed by atoms with Crippen molar-refractivity contribution in [1.29, 1.82) is 0 Å². The van der Waals surface area contributed by atoms with Crippen molar-refractivity contribution in [3.05, 3.63) is 70.8 Å². The minimum Gasteiger partial charge on any atom is -0.466 e. The second kappa shape index (κ2) is 13.6. The first-order valence-electron chi connectivity index (χ1n) is 13.1. The van der Waals surface area contributed by atoms with Crippen LogP contribution in [0.4, 0.5) is 8.78 Å². The average Bonchev–Trinajstić information content (AvgIpc) is 2.86. The van der Waals surface area contributed by atoms with Gasteiger partial charge in [-0.15, -0.1) is 0 Å². The molecular formula is C29H38F2N2O4. The number of halogens is 2. The first-order chi connectivity index (χ1) is 17.7. The molecule has 2 aromatic carbocycles. The summed E-state index contributed by atoms with van der Waals surface area (Å²) in [6, 6.07) is 10.7. The molecule has 2 aromatic rings. The maximum atomic E-state index is 13.7. The molecule has 0 bridgehead atoms. The number of nitrogens with one attached hydrogen (secondary N) is 2. The Balaban J connectivity index is 1.75. The lowest BCUT2D eigenvalue weighted by Crippen LogP contribution is -2.53. The Morgan fingerprint density at radius 2 is 1.76 bits per heavy atom. The van der Waals surface area contributed by atoms with Gasteiger partial charge in [-0.25, -0.2) is 8.78 Å². The van der Waals surface area contributed by atoms with Gasteiger partial charge in [0, 0.05) is 31.5 Å². The largest absolute Gasteiger partial charge is 0.466 e. The fourth-order valence-electron chi connectivity index (χ4n) is 5.20. The Morgan fingerprint density at radius 1 is 1.05 bits per heavy atom. The van der Waals surface area contributed by atoms with Gasteiger partial charge in [0.25, 0.3) is 0 Å². The lowest BCUT2D eigenvalue weighted by Gasteiger charge is -2.40. The molecule has 0 saturated heterocycles. The second-order valence-electron chi connectivity index (χ2n) is 9.89. The minimum atomic E-state index is -0.985. The highest BCUT2D eigenvalue weighted by atomic mass is 19.1. The van der Waals surface area contributed by atoms with Crippen molar-refractivity contribution in [3.8, 4) is 0 Å². The first kappa shape index (κ1) is 28.7. The zero-order valence-corrected chi connectivity index (χ0v) is 21.7. The summed E-state index contributed by atoms with van der Waals surface area (Å²) in [5.74, 6) is -1.95. The molecule has 0 unspecified atom stereocenters. The topological polar surface area (TPSA) is 87.7 Å². The SMILES string of the molecule is CCOC(=O)CCc1cccc(C2(NC[C@@H](O)[C@H](Cc3cc(F)cc(F)c3)NC(C)=O)CCCCC2)c1. The van der Waals surface area contributed by atoms with Gasteiger partial charge in [0.05, 0.1) is 18.8 Å². The van der Waals surface area contributed by atoms with Crippen LogP contribution in [0.15, 0.2) is 42.5 Å². The van der Waals surface area contributed by atoms with Crippen LogP contribution in [-0.4, -0.2) is 42.3 Å². The van der Waals surface area contributed by atoms with E-state index in [2.05, 4.69) is 22.8 Å². The van der Waals surface area contributed by atoms with Crippen LogP contribution < -0.4 is 10.6 Å². The number of amides is 1. The van der Waals surface area contributed by atoms with Crippen LogP contribution in [0.25, 0.3) is 0 Å². The van der Waals surface area contributed by atoms with E-state index in [0.29, 0.717) is 25.0 Å². The lowest BCUT2D eigenvalue weighted by molar-refractivity contribution is -0.143. The van der Waals surface area contributed by atoms with Gasteiger partial charge in [-0.2, -0.15) is 0 Å². The van der Waals surface area contributed by atoms with Gasteiger partial charge in [0.2, 0.25) is 5.91 Å². The Kier molecular flexibility index (Phi) is 10.6. The van der Waals surface area contributed by atoms with Gasteiger partial charge in [0.15, 0.2) is 0 Å². The molecule has 202 valence electrons. The predicted molar refractivity (Wildman–Crippen MR) is 138 cm³/mol. The van der Waals surface area contributed by atoms with Crippen molar-refractivity contribution in [2.45, 2.75) is 82.9 Å². The summed E-state index contributed by atoms with van der Waals surface area (Å²) in [6.45, 7) is 3.69. The number of rotatable bonds is 12. The molecule has 1 amide bonds. The van der Waals surface area contributed by atoms with E-state index in [1.165, 1.54) is 19.1 Å². The molecule has 0 aromatic heterocycles. The van der Waals surface area contributed by atoms with Crippen LogP contribution in [-0.2, 0) is 32.7 Å². The predicted octanol–water partition coefficient (Wildman–Crippen LogP) is 4.32. The minimum absolute atomic E-state index is 0.0907. The summed E-state index contributed by atoms with van der Waals surface area (Å²) in [5.41, 5.74) is 2.15. The average molecular weight is 517 g/mol. The Morgan fingerprint density at radius 3 is 2.41 bits per heavy atom. The fourth-order valence-corrected chi connectivity index (χ4v) is 5.20. The van der Waals surface area contributed by atoms with E-state index in [1.54, 1.807) is 6.92 Å². The number of benzene rings is 2. The van der Waals surface area contributed by atoms with E-state index in [1.807, 2.05) is 12.1 Å². The van der Waals surface area contributed by atoms with E-state index < -0.39 is 23.8 Å². The lowest BCUT2D eigenvalue weighted by atomic mass is 9.76. The maximum absolute atomic E-state index is 13.7. The summed E-state index contributed by atoms with van der Waals surface area (Å²) < 4.78 is 32.5. The van der Waals surface area contributed by atoms with Crippen molar-refractivity contribution < 1.29 is 28.2 Å². The monoisotopic (exact) mass is 516 g/mol. The molecule has 3 rings (SSSR count). The van der Waals surface area contributed by atoms with Crippen LogP contribution in [0.2, 0.25) is 0 Å². The van der Waals surface area contributed by atoms with Crippen molar-refractivity contribution in [1.82, 2.24) is 10.6 Å². The molecule has 1 aliphatic carbocycles. The van der Waals surface area contributed by atoms with E-state index in [9.17, 15) is 23.5 Å². The third-order valence-electron chi connectivity index (χ3n) is 6.99. The zero-order valence-electron chi connectivity index (χ0n) is 21.7. The smallest absolute Gasteiger partial charge is 0.306 e. The summed E-state index contributed by atoms with van der Waals surface area (Å²) in [6.07, 6.45) is 4.99. The van der Waals surface area contributed by atoms with Crippen LogP contribution in [0.3, 0.4) is 0 Å². The molecule has 0 spiro atoms. The molecule has 0 heterocycles. The second-order valence-corrected chi connectivity index (χ2v) is 9.89. The number of hydrogen-bond acceptors (Lipinski definition) is 5. The summed E-state index contributed by atoms with van der Waals surface area (Å²) in [7, 11) is 0. The molecule has 1 saturated carbocycles. The number of aliphatic hydroxyl groups excluding tert-OH is 1. The van der Waals surface area contributed by atoms with Crippen molar-refractivity contribution >= 4 is 11.9 Å². The third-order valence-corrected chi connectivity index (χ3v) is 6.99. The van der Waals surface area contributed by atoms with Crippen LogP contribution in [0.5, 0.6) is 0 Å². The number of carbonyl (C=O) groups excluding carboxylic acids is 2. The molecule has 0 radical (unpaired) electrons. The molecule has 2 atom stereocenters. The molecular weight excluding hydrogens is 478 g/mol. The van der Waals surface area contributed by atoms with E-state index in [-0.39, 0.29) is 30.4 Å². The van der Waals surface area contributed by atoms with Gasteiger partial charge >= 0.3 is 5.97 Å². The molecule has 8 heteroatoms. The number of aryl methyl sites for hydroxylation is 1. The summed E-state index contributed by atoms with van der Waals surface area (Å²) in [4.78, 5) is 23.7. The standard InChI is InChI=1S/C29H38F2N2O4/c1-3-37-28(36)11-10-21-8-7-9-23(14-21)29(12-5-4-6-13-29)32-19-27(35)26(33-20(2)34)17-22-15-24(30)18-25(31)16-22/h7-9,14-16,18,26-27,32,35H,3-6,10-13,17,19H2,1-2H3,(H,33,34)/t26-,27+/m0/s1. The highest BCUT2D eigenvalue weighted by Crippen LogP contribution is 2.37. The van der Waals surface area contributed by atoms with Crippen molar-refractivity contribution in [2.75, 3.05) is 13.2 Å². The van der Waals surface area contributed by atoms with Gasteiger partial charge in [-0.05, 0) is 61.4 Å². The Bertz CT molecular complexity index is 1040. The van der Waals surface area contributed by atoms with Crippen LogP contribution in [0, 0.1) is 11.6 Å². The quantitative estimate of drug-likeness (QED) is 0.366. The van der Waals surface area contributed by atoms with E-state index in [0.717, 1.165) is 49.3 Å². The Hall–Kier alpha value is -2.84. The van der Waals surface area contributed by atoms with Crippen LogP contribution >= 0.6 is 0 Å². The number of ether oxygens (including phenoxy) is 1. The first-order valence-corrected chi connectivity index (χ1v) is 13.1. The molecule has 3 N–H and O–H groups in total. The van der Waals surface area contributed by atoms with Gasteiger partial charge in [-0.3, -0.25) is 9.59 Å². The normalized spacial score (nSPS) is 16.6. The number of aliphatic hydroxyl groups is 1. The number of hydrogen-bond donors (Lipinski definition) is 3. The Labute approximate surface area is 217 Å². The highest BCUT2D eigenvalue weighted by Gasteiger charge is 2.35. The number of esters is 1. The molecule has 1 fully saturated rings. The van der Waals surface area contributed by atoms with E-state index in [4.69, 9.17) is 4.74 Å². The molecule has 37 heavy (non-hydrogen) atoms. The van der Waals surface area contributed by atoms with Crippen molar-refractivity contribution in [2.24, 2.45) is 0 Å². The fraction of sp³-hybridized carbons (Fsp3) is 0.517. The summed E-state index contributed by atoms with van der Waals surface area (Å²) in [5, 5.41) is 17.4. The zero-order chi connectivity index (χ0) is 26.8. The molecule has 0 aliphatic heterocycles. The van der Waals surface area contributed by atoms with Gasteiger partial charge in [-0.1, -0.05) is 43.5 Å². The van der Waals surface area contributed by atoms with Crippen molar-refractivity contribution in [3.63, 3.8) is 0 Å². The molecule has 1 aliphatic rings. The summed E-state index contributed by atoms with van der Waals surface area (Å²) >= 11 is 0. The van der Waals surface area contributed by atoms with Gasteiger partial charge in [0.1, 0.15) is 11.6 Å². The van der Waals surface area contributed by atoms with E-state index >= 15 is 0 Å². The molecule has 6 nitrogen and oxygen atoms in total. The van der Waals surface area contributed by atoms with Gasteiger partial charge < -0.3 is 20.5 Å². The maximum Gasteiger partial charge on any atom is 0.306 e. The van der Waals surface area contributed by atoms with Crippen LogP contribution in [0.1, 0.15) is 69.1 Å².